The molecule has 0 amide bonds. The van der Waals surface area contributed by atoms with Crippen LogP contribution in [-0.2, 0) is 6.42 Å². The van der Waals surface area contributed by atoms with Crippen molar-refractivity contribution in [3.8, 4) is 5.69 Å². The maximum absolute atomic E-state index is 13.1. The van der Waals surface area contributed by atoms with E-state index in [2.05, 4.69) is 10.4 Å². The van der Waals surface area contributed by atoms with Gasteiger partial charge >= 0.3 is 0 Å². The second kappa shape index (κ2) is 5.10. The summed E-state index contributed by atoms with van der Waals surface area (Å²) in [6.45, 7) is 2.92. The Kier molecular flexibility index (Phi) is 3.54. The van der Waals surface area contributed by atoms with E-state index in [4.69, 9.17) is 0 Å². The summed E-state index contributed by atoms with van der Waals surface area (Å²) in [5, 5.41) is 7.41. The van der Waals surface area contributed by atoms with E-state index in [9.17, 15) is 4.39 Å². The summed E-state index contributed by atoms with van der Waals surface area (Å²) in [4.78, 5) is 0. The van der Waals surface area contributed by atoms with Crippen LogP contribution in [0.5, 0.6) is 0 Å². The Morgan fingerprint density at radius 1 is 1.41 bits per heavy atom. The number of hydrogen-bond donors (Lipinski definition) is 1. The number of nitrogens with one attached hydrogen (secondary N) is 1. The van der Waals surface area contributed by atoms with Gasteiger partial charge in [0.1, 0.15) is 5.82 Å². The van der Waals surface area contributed by atoms with E-state index in [1.54, 1.807) is 10.7 Å². The van der Waals surface area contributed by atoms with E-state index < -0.39 is 0 Å². The van der Waals surface area contributed by atoms with E-state index in [1.807, 2.05) is 26.2 Å². The van der Waals surface area contributed by atoms with Gasteiger partial charge in [-0.25, -0.2) is 9.07 Å². The van der Waals surface area contributed by atoms with Crippen LogP contribution in [0.25, 0.3) is 5.69 Å². The number of aromatic nitrogens is 2. The summed E-state index contributed by atoms with van der Waals surface area (Å²) in [5.41, 5.74) is 3.01. The standard InChI is InChI=1S/C13H16FN3/c1-10-11(6-7-15-2)9-16-17(10)13-5-3-4-12(14)8-13/h3-5,8-9,15H,6-7H2,1-2H3. The molecule has 0 aliphatic rings. The van der Waals surface area contributed by atoms with Crippen LogP contribution < -0.4 is 5.32 Å². The molecule has 0 saturated heterocycles. The molecule has 4 heteroatoms. The molecule has 0 saturated carbocycles. The Bertz CT molecular complexity index is 505. The molecule has 0 fully saturated rings. The van der Waals surface area contributed by atoms with E-state index in [1.165, 1.54) is 17.7 Å². The number of rotatable bonds is 4. The van der Waals surface area contributed by atoms with E-state index >= 15 is 0 Å². The lowest BCUT2D eigenvalue weighted by Gasteiger charge is -2.05. The Balaban J connectivity index is 2.30. The first kappa shape index (κ1) is 11.8. The van der Waals surface area contributed by atoms with Gasteiger partial charge in [0.25, 0.3) is 0 Å². The van der Waals surface area contributed by atoms with E-state index in [0.29, 0.717) is 0 Å². The topological polar surface area (TPSA) is 29.9 Å². The molecule has 1 aromatic carbocycles. The number of benzene rings is 1. The zero-order valence-electron chi connectivity index (χ0n) is 10.1. The minimum absolute atomic E-state index is 0.242. The molecule has 0 aliphatic carbocycles. The van der Waals surface area contributed by atoms with Gasteiger partial charge in [0.2, 0.25) is 0 Å². The molecular formula is C13H16FN3. The predicted octanol–water partition coefficient (Wildman–Crippen LogP) is 2.08. The summed E-state index contributed by atoms with van der Waals surface area (Å²) in [5.74, 6) is -0.242. The molecule has 2 aromatic rings. The van der Waals surface area contributed by atoms with Crippen molar-refractivity contribution in [2.24, 2.45) is 0 Å². The fourth-order valence-corrected chi connectivity index (χ4v) is 1.82. The van der Waals surface area contributed by atoms with Gasteiger partial charge in [-0.15, -0.1) is 0 Å². The van der Waals surface area contributed by atoms with Crippen molar-refractivity contribution in [2.75, 3.05) is 13.6 Å². The molecule has 1 aromatic heterocycles. The van der Waals surface area contributed by atoms with Crippen LogP contribution in [-0.4, -0.2) is 23.4 Å². The predicted molar refractivity (Wildman–Crippen MR) is 65.9 cm³/mol. The molecule has 2 rings (SSSR count). The first-order valence-electron chi connectivity index (χ1n) is 5.66. The third-order valence-corrected chi connectivity index (χ3v) is 2.81. The molecular weight excluding hydrogens is 217 g/mol. The summed E-state index contributed by atoms with van der Waals surface area (Å²) in [7, 11) is 1.92. The quantitative estimate of drug-likeness (QED) is 0.876. The highest BCUT2D eigenvalue weighted by Gasteiger charge is 2.07. The monoisotopic (exact) mass is 233 g/mol. The second-order valence-electron chi connectivity index (χ2n) is 4.00. The van der Waals surface area contributed by atoms with Gasteiger partial charge in [-0.2, -0.15) is 5.10 Å². The fraction of sp³-hybridized carbons (Fsp3) is 0.308. The minimum Gasteiger partial charge on any atom is -0.319 e. The van der Waals surface area contributed by atoms with Crippen molar-refractivity contribution in [3.05, 3.63) is 47.5 Å². The zero-order chi connectivity index (χ0) is 12.3. The highest BCUT2D eigenvalue weighted by Crippen LogP contribution is 2.15. The lowest BCUT2D eigenvalue weighted by molar-refractivity contribution is 0.625. The highest BCUT2D eigenvalue weighted by atomic mass is 19.1. The SMILES string of the molecule is CNCCc1cnn(-c2cccc(F)c2)c1C. The molecule has 0 spiro atoms. The Hall–Kier alpha value is -1.68. The zero-order valence-corrected chi connectivity index (χ0v) is 10.1. The number of nitrogens with zero attached hydrogens (tertiary/aromatic N) is 2. The number of hydrogen-bond acceptors (Lipinski definition) is 2. The molecule has 0 bridgehead atoms. The van der Waals surface area contributed by atoms with Crippen molar-refractivity contribution >= 4 is 0 Å². The van der Waals surface area contributed by atoms with Gasteiger partial charge in [0.05, 0.1) is 11.9 Å². The van der Waals surface area contributed by atoms with Gasteiger partial charge < -0.3 is 5.32 Å². The van der Waals surface area contributed by atoms with Gasteiger partial charge in [0, 0.05) is 5.69 Å². The largest absolute Gasteiger partial charge is 0.319 e. The first-order chi connectivity index (χ1) is 8.22. The lowest BCUT2D eigenvalue weighted by Crippen LogP contribution is -2.10. The Labute approximate surface area is 100 Å². The summed E-state index contributed by atoms with van der Waals surface area (Å²) in [6, 6.07) is 6.47. The van der Waals surface area contributed by atoms with E-state index in [0.717, 1.165) is 24.3 Å². The van der Waals surface area contributed by atoms with Crippen LogP contribution in [0.3, 0.4) is 0 Å². The van der Waals surface area contributed by atoms with Gasteiger partial charge in [-0.1, -0.05) is 6.07 Å². The fourth-order valence-electron chi connectivity index (χ4n) is 1.82. The highest BCUT2D eigenvalue weighted by molar-refractivity contribution is 5.35. The molecule has 0 aliphatic heterocycles. The van der Waals surface area contributed by atoms with Gasteiger partial charge in [-0.05, 0) is 50.7 Å². The van der Waals surface area contributed by atoms with Crippen molar-refractivity contribution in [3.63, 3.8) is 0 Å². The minimum atomic E-state index is -0.242. The molecule has 0 unspecified atom stereocenters. The second-order valence-corrected chi connectivity index (χ2v) is 4.00. The van der Waals surface area contributed by atoms with Crippen LogP contribution in [0.4, 0.5) is 4.39 Å². The van der Waals surface area contributed by atoms with Crippen LogP contribution in [0, 0.1) is 12.7 Å². The molecule has 1 heterocycles. The average Bonchev–Trinajstić information content (AvgIpc) is 2.68. The first-order valence-corrected chi connectivity index (χ1v) is 5.66. The number of halogens is 1. The van der Waals surface area contributed by atoms with Crippen molar-refractivity contribution < 1.29 is 4.39 Å². The molecule has 17 heavy (non-hydrogen) atoms. The molecule has 0 atom stereocenters. The van der Waals surface area contributed by atoms with Crippen LogP contribution in [0.2, 0.25) is 0 Å². The van der Waals surface area contributed by atoms with Crippen molar-refractivity contribution in [1.82, 2.24) is 15.1 Å². The molecule has 0 radical (unpaired) electrons. The summed E-state index contributed by atoms with van der Waals surface area (Å²) >= 11 is 0. The van der Waals surface area contributed by atoms with Crippen molar-refractivity contribution in [2.45, 2.75) is 13.3 Å². The normalized spacial score (nSPS) is 10.8. The molecule has 90 valence electrons. The smallest absolute Gasteiger partial charge is 0.125 e. The Morgan fingerprint density at radius 3 is 2.94 bits per heavy atom. The maximum atomic E-state index is 13.1. The Morgan fingerprint density at radius 2 is 2.24 bits per heavy atom. The lowest BCUT2D eigenvalue weighted by atomic mass is 10.2. The molecule has 1 N–H and O–H groups in total. The number of likely N-dealkylation sites (N-methyl/N-ethyl adjacent to an activating group) is 1. The van der Waals surface area contributed by atoms with Gasteiger partial charge in [0.15, 0.2) is 0 Å². The van der Waals surface area contributed by atoms with Crippen LogP contribution in [0.1, 0.15) is 11.3 Å². The summed E-state index contributed by atoms with van der Waals surface area (Å²) in [6.07, 6.45) is 2.77. The van der Waals surface area contributed by atoms with E-state index in [-0.39, 0.29) is 5.82 Å². The maximum Gasteiger partial charge on any atom is 0.125 e. The third kappa shape index (κ3) is 2.53. The van der Waals surface area contributed by atoms with Crippen molar-refractivity contribution in [1.29, 1.82) is 0 Å². The average molecular weight is 233 g/mol. The third-order valence-electron chi connectivity index (χ3n) is 2.81. The van der Waals surface area contributed by atoms with Gasteiger partial charge in [-0.3, -0.25) is 0 Å². The molecule has 3 nitrogen and oxygen atoms in total. The summed E-state index contributed by atoms with van der Waals surface area (Å²) < 4.78 is 14.9. The van der Waals surface area contributed by atoms with Crippen LogP contribution in [0.15, 0.2) is 30.5 Å². The van der Waals surface area contributed by atoms with Crippen LogP contribution >= 0.6 is 0 Å².